The van der Waals surface area contributed by atoms with Gasteiger partial charge >= 0.3 is 0 Å². The highest BCUT2D eigenvalue weighted by Crippen LogP contribution is 2.39. The number of amides is 1. The molecule has 2 saturated carbocycles. The molecular formula is C21H29N5O. The fourth-order valence-electron chi connectivity index (χ4n) is 4.15. The minimum atomic E-state index is -0.0228. The van der Waals surface area contributed by atoms with E-state index in [9.17, 15) is 4.79 Å². The lowest BCUT2D eigenvalue weighted by molar-refractivity contribution is -0.127. The van der Waals surface area contributed by atoms with Crippen LogP contribution in [0.4, 0.5) is 0 Å². The smallest absolute Gasteiger partial charge is 0.223 e. The monoisotopic (exact) mass is 367 g/mol. The molecule has 0 radical (unpaired) electrons. The van der Waals surface area contributed by atoms with Crippen molar-refractivity contribution >= 4 is 11.9 Å². The summed E-state index contributed by atoms with van der Waals surface area (Å²) in [6.07, 6.45) is 9.07. The summed E-state index contributed by atoms with van der Waals surface area (Å²) in [6, 6.07) is 10.8. The van der Waals surface area contributed by atoms with Crippen LogP contribution in [0, 0.1) is 17.4 Å². The van der Waals surface area contributed by atoms with Crippen LogP contribution in [-0.2, 0) is 10.2 Å². The number of rotatable bonds is 5. The summed E-state index contributed by atoms with van der Waals surface area (Å²) in [7, 11) is 1.67. The van der Waals surface area contributed by atoms with Crippen molar-refractivity contribution in [1.29, 1.82) is 5.26 Å². The van der Waals surface area contributed by atoms with Gasteiger partial charge in [-0.25, -0.2) is 0 Å². The van der Waals surface area contributed by atoms with Crippen LogP contribution in [0.1, 0.15) is 50.5 Å². The molecule has 6 heteroatoms. The molecule has 0 atom stereocenters. The van der Waals surface area contributed by atoms with Gasteiger partial charge in [0.05, 0.1) is 0 Å². The Morgan fingerprint density at radius 2 is 1.93 bits per heavy atom. The predicted molar refractivity (Wildman–Crippen MR) is 106 cm³/mol. The first-order valence-electron chi connectivity index (χ1n) is 9.88. The fourth-order valence-corrected chi connectivity index (χ4v) is 4.15. The zero-order chi connectivity index (χ0) is 19.1. The number of nitrogens with one attached hydrogen (secondary N) is 3. The van der Waals surface area contributed by atoms with E-state index in [0.717, 1.165) is 38.5 Å². The second kappa shape index (κ2) is 8.90. The van der Waals surface area contributed by atoms with Crippen molar-refractivity contribution in [3.8, 4) is 6.19 Å². The third-order valence-electron chi connectivity index (χ3n) is 6.14. The van der Waals surface area contributed by atoms with Gasteiger partial charge in [-0.15, -0.1) is 0 Å². The molecule has 0 bridgehead atoms. The second-order valence-corrected chi connectivity index (χ2v) is 7.72. The van der Waals surface area contributed by atoms with Gasteiger partial charge in [0.2, 0.25) is 11.9 Å². The molecule has 2 aliphatic rings. The Balaban J connectivity index is 1.65. The molecule has 2 aliphatic carbocycles. The van der Waals surface area contributed by atoms with E-state index in [-0.39, 0.29) is 23.3 Å². The van der Waals surface area contributed by atoms with Crippen molar-refractivity contribution in [2.75, 3.05) is 13.6 Å². The van der Waals surface area contributed by atoms with Crippen molar-refractivity contribution in [2.45, 2.75) is 56.4 Å². The van der Waals surface area contributed by atoms with E-state index in [1.807, 2.05) is 12.3 Å². The Morgan fingerprint density at radius 1 is 1.22 bits per heavy atom. The first-order valence-corrected chi connectivity index (χ1v) is 9.88. The zero-order valence-electron chi connectivity index (χ0n) is 16.0. The molecular weight excluding hydrogens is 338 g/mol. The zero-order valence-corrected chi connectivity index (χ0v) is 16.0. The number of nitrogens with zero attached hydrogens (tertiary/aromatic N) is 2. The van der Waals surface area contributed by atoms with Crippen molar-refractivity contribution < 1.29 is 4.79 Å². The molecule has 0 aliphatic heterocycles. The number of nitriles is 1. The van der Waals surface area contributed by atoms with Crippen LogP contribution in [0.3, 0.4) is 0 Å². The van der Waals surface area contributed by atoms with Crippen molar-refractivity contribution in [3.05, 3.63) is 35.9 Å². The Hall–Kier alpha value is -2.55. The SMILES string of the molecule is CN=C(NC#N)NC1CCC(CNC(=O)C2CCC2)(c2ccccc2)CC1. The highest BCUT2D eigenvalue weighted by atomic mass is 16.1. The normalized spacial score (nSPS) is 25.8. The van der Waals surface area contributed by atoms with E-state index in [1.165, 1.54) is 12.0 Å². The van der Waals surface area contributed by atoms with Crippen LogP contribution in [0.2, 0.25) is 0 Å². The summed E-state index contributed by atoms with van der Waals surface area (Å²) in [5.74, 6) is 0.958. The molecule has 1 aromatic rings. The number of carbonyl (C=O) groups excluding carboxylic acids is 1. The molecule has 0 unspecified atom stereocenters. The van der Waals surface area contributed by atoms with Gasteiger partial charge in [0.1, 0.15) is 0 Å². The Kier molecular flexibility index (Phi) is 6.33. The molecule has 0 spiro atoms. The molecule has 0 heterocycles. The van der Waals surface area contributed by atoms with Crippen LogP contribution >= 0.6 is 0 Å². The highest BCUT2D eigenvalue weighted by molar-refractivity contribution is 5.81. The summed E-state index contributed by atoms with van der Waals surface area (Å²) < 4.78 is 0. The van der Waals surface area contributed by atoms with E-state index >= 15 is 0 Å². The largest absolute Gasteiger partial charge is 0.355 e. The van der Waals surface area contributed by atoms with Gasteiger partial charge in [0.25, 0.3) is 0 Å². The lowest BCUT2D eigenvalue weighted by Crippen LogP contribution is -2.50. The van der Waals surface area contributed by atoms with Crippen LogP contribution in [0.15, 0.2) is 35.3 Å². The molecule has 1 amide bonds. The Labute approximate surface area is 161 Å². The van der Waals surface area contributed by atoms with Gasteiger partial charge in [-0.2, -0.15) is 5.26 Å². The van der Waals surface area contributed by atoms with Gasteiger partial charge in [0.15, 0.2) is 6.19 Å². The van der Waals surface area contributed by atoms with Crippen LogP contribution < -0.4 is 16.0 Å². The maximum Gasteiger partial charge on any atom is 0.223 e. The molecule has 3 N–H and O–H groups in total. The van der Waals surface area contributed by atoms with Crippen molar-refractivity contribution in [1.82, 2.24) is 16.0 Å². The minimum absolute atomic E-state index is 0.0228. The molecule has 1 aromatic carbocycles. The number of carbonyl (C=O) groups is 1. The highest BCUT2D eigenvalue weighted by Gasteiger charge is 2.38. The third kappa shape index (κ3) is 4.60. The lowest BCUT2D eigenvalue weighted by atomic mass is 9.68. The van der Waals surface area contributed by atoms with Gasteiger partial charge in [0, 0.05) is 31.0 Å². The summed E-state index contributed by atoms with van der Waals surface area (Å²) in [6.45, 7) is 0.699. The molecule has 3 rings (SSSR count). The maximum atomic E-state index is 12.4. The molecule has 144 valence electrons. The quantitative estimate of drug-likeness (QED) is 0.323. The molecule has 27 heavy (non-hydrogen) atoms. The molecule has 0 saturated heterocycles. The van der Waals surface area contributed by atoms with E-state index in [2.05, 4.69) is 45.2 Å². The average molecular weight is 367 g/mol. The van der Waals surface area contributed by atoms with Crippen molar-refractivity contribution in [3.63, 3.8) is 0 Å². The molecule has 2 fully saturated rings. The fraction of sp³-hybridized carbons (Fsp3) is 0.571. The summed E-state index contributed by atoms with van der Waals surface area (Å²) >= 11 is 0. The number of aliphatic imine (C=N–C) groups is 1. The number of hydrogen-bond donors (Lipinski definition) is 3. The topological polar surface area (TPSA) is 89.3 Å². The maximum absolute atomic E-state index is 12.4. The van der Waals surface area contributed by atoms with E-state index in [1.54, 1.807) is 7.05 Å². The first-order chi connectivity index (χ1) is 13.2. The van der Waals surface area contributed by atoms with E-state index in [0.29, 0.717) is 12.5 Å². The van der Waals surface area contributed by atoms with Crippen LogP contribution in [0.25, 0.3) is 0 Å². The second-order valence-electron chi connectivity index (χ2n) is 7.72. The van der Waals surface area contributed by atoms with E-state index < -0.39 is 0 Å². The summed E-state index contributed by atoms with van der Waals surface area (Å²) in [5, 5.41) is 18.0. The Morgan fingerprint density at radius 3 is 2.48 bits per heavy atom. The lowest BCUT2D eigenvalue weighted by Gasteiger charge is -2.41. The minimum Gasteiger partial charge on any atom is -0.355 e. The standard InChI is InChI=1S/C21H29N5O/c1-23-20(25-15-22)26-18-10-12-21(13-11-18,17-8-3-2-4-9-17)14-24-19(27)16-6-5-7-16/h2-4,8-9,16,18H,5-7,10-14H2,1H3,(H,24,27)(H2,23,25,26). The predicted octanol–water partition coefficient (Wildman–Crippen LogP) is 2.43. The number of hydrogen-bond acceptors (Lipinski definition) is 3. The van der Waals surface area contributed by atoms with Crippen LogP contribution in [-0.4, -0.2) is 31.5 Å². The number of benzene rings is 1. The van der Waals surface area contributed by atoms with Gasteiger partial charge in [-0.1, -0.05) is 36.8 Å². The first kappa shape index (κ1) is 19.2. The van der Waals surface area contributed by atoms with Gasteiger partial charge < -0.3 is 10.6 Å². The van der Waals surface area contributed by atoms with Crippen molar-refractivity contribution in [2.24, 2.45) is 10.9 Å². The summed E-state index contributed by atoms with van der Waals surface area (Å²) in [4.78, 5) is 16.5. The average Bonchev–Trinajstić information content (AvgIpc) is 2.66. The van der Waals surface area contributed by atoms with Crippen LogP contribution in [0.5, 0.6) is 0 Å². The summed E-state index contributed by atoms with van der Waals surface area (Å²) in [5.41, 5.74) is 1.28. The van der Waals surface area contributed by atoms with Gasteiger partial charge in [-0.05, 0) is 44.1 Å². The third-order valence-corrected chi connectivity index (χ3v) is 6.14. The Bertz CT molecular complexity index is 697. The molecule has 0 aromatic heterocycles. The van der Waals surface area contributed by atoms with Gasteiger partial charge in [-0.3, -0.25) is 15.1 Å². The van der Waals surface area contributed by atoms with E-state index in [4.69, 9.17) is 5.26 Å². The molecule has 6 nitrogen and oxygen atoms in total. The number of guanidine groups is 1.